The highest BCUT2D eigenvalue weighted by Crippen LogP contribution is 2.23. The average Bonchev–Trinajstić information content (AvgIpc) is 2.50. The van der Waals surface area contributed by atoms with Crippen molar-refractivity contribution in [3.63, 3.8) is 0 Å². The smallest absolute Gasteiger partial charge is 0.356 e. The van der Waals surface area contributed by atoms with Crippen molar-refractivity contribution in [3.05, 3.63) is 0 Å². The minimum atomic E-state index is -4.08. The van der Waals surface area contributed by atoms with Crippen molar-refractivity contribution in [3.8, 4) is 0 Å². The molecule has 8 heteroatoms. The Hall–Kier alpha value is -0.250. The number of hydrogen-bond donors (Lipinski definition) is 2. The molecule has 1 aliphatic rings. The van der Waals surface area contributed by atoms with Gasteiger partial charge in [-0.05, 0) is 44.7 Å². The van der Waals surface area contributed by atoms with Crippen molar-refractivity contribution >= 4 is 29.9 Å². The molecule has 2 N–H and O–H groups in total. The summed E-state index contributed by atoms with van der Waals surface area (Å²) >= 11 is 0. The molecule has 0 amide bonds. The normalized spacial score (nSPS) is 17.5. The van der Waals surface area contributed by atoms with Crippen LogP contribution in [-0.2, 0) is 0 Å². The molecule has 0 unspecified atom stereocenters. The molecular weight excluding hydrogens is 432 g/mol. The number of piperidine rings is 1. The Kier molecular flexibility index (Phi) is 12.9. The van der Waals surface area contributed by atoms with Crippen LogP contribution in [-0.4, -0.2) is 56.8 Å². The summed E-state index contributed by atoms with van der Waals surface area (Å²) in [4.78, 5) is 5.69. The van der Waals surface area contributed by atoms with E-state index in [-0.39, 0.29) is 24.0 Å². The summed E-state index contributed by atoms with van der Waals surface area (Å²) in [5, 5.41) is 6.57. The third-order valence-electron chi connectivity index (χ3n) is 4.25. The van der Waals surface area contributed by atoms with E-state index in [2.05, 4.69) is 22.5 Å². The number of guanidine groups is 1. The van der Waals surface area contributed by atoms with Gasteiger partial charge in [-0.15, -0.1) is 24.0 Å². The van der Waals surface area contributed by atoms with Gasteiger partial charge in [-0.3, -0.25) is 9.89 Å². The van der Waals surface area contributed by atoms with Gasteiger partial charge in [0.25, 0.3) is 0 Å². The van der Waals surface area contributed by atoms with Gasteiger partial charge in [-0.1, -0.05) is 19.8 Å². The molecule has 0 atom stereocenters. The van der Waals surface area contributed by atoms with Crippen LogP contribution in [0.2, 0.25) is 0 Å². The second-order valence-corrected chi connectivity index (χ2v) is 6.26. The lowest BCUT2D eigenvalue weighted by molar-refractivity contribution is -0.148. The van der Waals surface area contributed by atoms with Crippen LogP contribution in [0.15, 0.2) is 4.99 Å². The highest BCUT2D eigenvalue weighted by molar-refractivity contribution is 14.0. The van der Waals surface area contributed by atoms with Crippen LogP contribution in [0.1, 0.15) is 45.4 Å². The number of nitrogens with zero attached hydrogens (tertiary/aromatic N) is 2. The lowest BCUT2D eigenvalue weighted by Crippen LogP contribution is -2.41. The minimum absolute atomic E-state index is 0. The van der Waals surface area contributed by atoms with E-state index in [4.69, 9.17) is 0 Å². The molecule has 0 aromatic heterocycles. The Labute approximate surface area is 161 Å². The summed E-state index contributed by atoms with van der Waals surface area (Å²) in [6.45, 7) is 4.24. The molecule has 1 rings (SSSR count). The third kappa shape index (κ3) is 11.3. The highest BCUT2D eigenvalue weighted by Gasteiger charge is 2.32. The van der Waals surface area contributed by atoms with E-state index in [1.165, 1.54) is 17.7 Å². The minimum Gasteiger partial charge on any atom is -0.356 e. The maximum atomic E-state index is 12.3. The number of unbranched alkanes of at least 4 members (excludes halogenated alkanes) is 2. The summed E-state index contributed by atoms with van der Waals surface area (Å²) in [6.07, 6.45) is 2.14. The fourth-order valence-electron chi connectivity index (χ4n) is 2.88. The fourth-order valence-corrected chi connectivity index (χ4v) is 2.88. The van der Waals surface area contributed by atoms with Gasteiger partial charge in [0.1, 0.15) is 0 Å². The maximum Gasteiger partial charge on any atom is 0.401 e. The standard InChI is InChI=1S/C16H31F3N4.HI/c1-3-4-5-9-21-15(20-2)22-10-6-14-7-11-23(12-8-14)13-16(17,18)19;/h14H,3-13H2,1-2H3,(H2,20,21,22);1H. The lowest BCUT2D eigenvalue weighted by Gasteiger charge is -2.32. The Balaban J connectivity index is 0.00000529. The number of aliphatic imine (C=N–C) groups is 1. The highest BCUT2D eigenvalue weighted by atomic mass is 127. The van der Waals surface area contributed by atoms with E-state index in [1.807, 2.05) is 0 Å². The van der Waals surface area contributed by atoms with Crippen LogP contribution >= 0.6 is 24.0 Å². The Bertz CT molecular complexity index is 343. The zero-order valence-corrected chi connectivity index (χ0v) is 17.1. The van der Waals surface area contributed by atoms with Crippen LogP contribution in [0.4, 0.5) is 13.2 Å². The van der Waals surface area contributed by atoms with Gasteiger partial charge in [0, 0.05) is 20.1 Å². The zero-order chi connectivity index (χ0) is 17.1. The van der Waals surface area contributed by atoms with Gasteiger partial charge in [-0.2, -0.15) is 13.2 Å². The van der Waals surface area contributed by atoms with Crippen molar-refractivity contribution in [2.24, 2.45) is 10.9 Å². The second kappa shape index (κ2) is 13.0. The first kappa shape index (κ1) is 23.8. The zero-order valence-electron chi connectivity index (χ0n) is 14.8. The molecular formula is C16H32F3IN4. The Morgan fingerprint density at radius 2 is 1.75 bits per heavy atom. The summed E-state index contributed by atoms with van der Waals surface area (Å²) in [7, 11) is 1.75. The van der Waals surface area contributed by atoms with E-state index in [0.29, 0.717) is 19.0 Å². The average molecular weight is 464 g/mol. The van der Waals surface area contributed by atoms with Crippen LogP contribution in [0, 0.1) is 5.92 Å². The van der Waals surface area contributed by atoms with Crippen molar-refractivity contribution in [2.45, 2.75) is 51.6 Å². The number of nitrogens with one attached hydrogen (secondary N) is 2. The van der Waals surface area contributed by atoms with Crippen LogP contribution in [0.5, 0.6) is 0 Å². The van der Waals surface area contributed by atoms with Crippen LogP contribution < -0.4 is 10.6 Å². The first-order valence-electron chi connectivity index (χ1n) is 8.68. The van der Waals surface area contributed by atoms with Gasteiger partial charge in [0.2, 0.25) is 0 Å². The fraction of sp³-hybridized carbons (Fsp3) is 0.938. The lowest BCUT2D eigenvalue weighted by atomic mass is 9.93. The monoisotopic (exact) mass is 464 g/mol. The molecule has 4 nitrogen and oxygen atoms in total. The van der Waals surface area contributed by atoms with Crippen molar-refractivity contribution in [2.75, 3.05) is 39.8 Å². The first-order valence-corrected chi connectivity index (χ1v) is 8.68. The van der Waals surface area contributed by atoms with Gasteiger partial charge >= 0.3 is 6.18 Å². The van der Waals surface area contributed by atoms with E-state index in [1.54, 1.807) is 7.05 Å². The van der Waals surface area contributed by atoms with Crippen molar-refractivity contribution < 1.29 is 13.2 Å². The largest absolute Gasteiger partial charge is 0.401 e. The number of halogens is 4. The molecule has 0 saturated carbocycles. The molecule has 0 aromatic rings. The molecule has 144 valence electrons. The van der Waals surface area contributed by atoms with Gasteiger partial charge in [0.15, 0.2) is 5.96 Å². The number of hydrogen-bond acceptors (Lipinski definition) is 2. The molecule has 0 aromatic carbocycles. The predicted octanol–water partition coefficient (Wildman–Crippen LogP) is 3.62. The summed E-state index contributed by atoms with van der Waals surface area (Å²) in [5.41, 5.74) is 0. The molecule has 0 radical (unpaired) electrons. The molecule has 1 aliphatic heterocycles. The van der Waals surface area contributed by atoms with Gasteiger partial charge in [0.05, 0.1) is 6.54 Å². The molecule has 0 spiro atoms. The molecule has 0 aliphatic carbocycles. The number of rotatable bonds is 8. The molecule has 24 heavy (non-hydrogen) atoms. The third-order valence-corrected chi connectivity index (χ3v) is 4.25. The SMILES string of the molecule is CCCCCNC(=NC)NCCC1CCN(CC(F)(F)F)CC1.I. The van der Waals surface area contributed by atoms with E-state index in [0.717, 1.165) is 44.7 Å². The summed E-state index contributed by atoms with van der Waals surface area (Å²) in [5.74, 6) is 1.32. The Morgan fingerprint density at radius 3 is 2.29 bits per heavy atom. The molecule has 1 heterocycles. The second-order valence-electron chi connectivity index (χ2n) is 6.26. The quantitative estimate of drug-likeness (QED) is 0.250. The molecule has 0 bridgehead atoms. The molecule has 1 saturated heterocycles. The van der Waals surface area contributed by atoms with Crippen molar-refractivity contribution in [1.82, 2.24) is 15.5 Å². The van der Waals surface area contributed by atoms with Crippen LogP contribution in [0.3, 0.4) is 0 Å². The van der Waals surface area contributed by atoms with Crippen molar-refractivity contribution in [1.29, 1.82) is 0 Å². The van der Waals surface area contributed by atoms with Crippen LogP contribution in [0.25, 0.3) is 0 Å². The first-order chi connectivity index (χ1) is 10.9. The van der Waals surface area contributed by atoms with Gasteiger partial charge < -0.3 is 10.6 Å². The number of likely N-dealkylation sites (tertiary alicyclic amines) is 1. The van der Waals surface area contributed by atoms with E-state index >= 15 is 0 Å². The number of alkyl halides is 3. The molecule has 1 fully saturated rings. The van der Waals surface area contributed by atoms with E-state index in [9.17, 15) is 13.2 Å². The predicted molar refractivity (Wildman–Crippen MR) is 104 cm³/mol. The van der Waals surface area contributed by atoms with Gasteiger partial charge in [-0.25, -0.2) is 0 Å². The van der Waals surface area contributed by atoms with E-state index < -0.39 is 12.7 Å². The topological polar surface area (TPSA) is 39.7 Å². The summed E-state index contributed by atoms with van der Waals surface area (Å²) < 4.78 is 37.0. The summed E-state index contributed by atoms with van der Waals surface area (Å²) in [6, 6.07) is 0. The maximum absolute atomic E-state index is 12.3. The Morgan fingerprint density at radius 1 is 1.12 bits per heavy atom.